The van der Waals surface area contributed by atoms with Gasteiger partial charge in [0.2, 0.25) is 0 Å². The van der Waals surface area contributed by atoms with E-state index in [4.69, 9.17) is 0 Å². The van der Waals surface area contributed by atoms with E-state index in [9.17, 15) is 4.39 Å². The van der Waals surface area contributed by atoms with Crippen LogP contribution in [-0.2, 0) is 13.1 Å². The van der Waals surface area contributed by atoms with Crippen molar-refractivity contribution in [2.45, 2.75) is 20.0 Å². The molecule has 1 N–H and O–H groups in total. The van der Waals surface area contributed by atoms with E-state index in [0.29, 0.717) is 6.54 Å². The number of hydrogen-bond acceptors (Lipinski definition) is 3. The Morgan fingerprint density at radius 1 is 1.31 bits per heavy atom. The molecular weight excluding hydrogens is 223 g/mol. The predicted molar refractivity (Wildman–Crippen MR) is 63.8 cm³/mol. The van der Waals surface area contributed by atoms with Gasteiger partial charge in [-0.2, -0.15) is 11.3 Å². The molecule has 4 heteroatoms. The monoisotopic (exact) mass is 236 g/mol. The van der Waals surface area contributed by atoms with Gasteiger partial charge in [0, 0.05) is 19.3 Å². The van der Waals surface area contributed by atoms with E-state index in [1.54, 1.807) is 17.5 Å². The van der Waals surface area contributed by atoms with Crippen molar-refractivity contribution in [3.63, 3.8) is 0 Å². The van der Waals surface area contributed by atoms with E-state index in [1.165, 1.54) is 23.4 Å². The maximum atomic E-state index is 12.8. The fourth-order valence-electron chi connectivity index (χ4n) is 1.46. The lowest BCUT2D eigenvalue weighted by Crippen LogP contribution is -2.13. The van der Waals surface area contributed by atoms with Crippen LogP contribution in [0.15, 0.2) is 29.2 Å². The van der Waals surface area contributed by atoms with Gasteiger partial charge in [0.15, 0.2) is 0 Å². The van der Waals surface area contributed by atoms with E-state index in [-0.39, 0.29) is 5.82 Å². The highest BCUT2D eigenvalue weighted by atomic mass is 32.1. The minimum absolute atomic E-state index is 0.286. The molecule has 0 fully saturated rings. The lowest BCUT2D eigenvalue weighted by molar-refractivity contribution is 0.612. The van der Waals surface area contributed by atoms with E-state index >= 15 is 0 Å². The van der Waals surface area contributed by atoms with E-state index in [2.05, 4.69) is 28.0 Å². The number of aryl methyl sites for hydroxylation is 1. The van der Waals surface area contributed by atoms with Crippen molar-refractivity contribution in [2.24, 2.45) is 0 Å². The zero-order valence-corrected chi connectivity index (χ0v) is 9.85. The lowest BCUT2D eigenvalue weighted by atomic mass is 10.2. The average molecular weight is 236 g/mol. The van der Waals surface area contributed by atoms with Crippen LogP contribution in [0.5, 0.6) is 0 Å². The van der Waals surface area contributed by atoms with Crippen LogP contribution < -0.4 is 5.32 Å². The Bertz CT molecular complexity index is 468. The fourth-order valence-corrected chi connectivity index (χ4v) is 2.32. The molecule has 0 unspecified atom stereocenters. The topological polar surface area (TPSA) is 24.9 Å². The zero-order chi connectivity index (χ0) is 11.4. The van der Waals surface area contributed by atoms with Crippen LogP contribution in [0, 0.1) is 12.7 Å². The smallest absolute Gasteiger partial charge is 0.141 e. The predicted octanol–water partition coefficient (Wildman–Crippen LogP) is 2.88. The van der Waals surface area contributed by atoms with Crippen molar-refractivity contribution in [1.29, 1.82) is 0 Å². The minimum Gasteiger partial charge on any atom is -0.309 e. The second kappa shape index (κ2) is 5.18. The molecule has 2 heterocycles. The van der Waals surface area contributed by atoms with Crippen LogP contribution >= 0.6 is 11.3 Å². The van der Waals surface area contributed by atoms with Crippen molar-refractivity contribution in [3.05, 3.63) is 51.7 Å². The number of aromatic nitrogens is 1. The van der Waals surface area contributed by atoms with Gasteiger partial charge in [-0.1, -0.05) is 0 Å². The third-order valence-electron chi connectivity index (χ3n) is 2.37. The molecule has 0 saturated heterocycles. The highest BCUT2D eigenvalue weighted by molar-refractivity contribution is 7.08. The number of halogens is 1. The molecule has 0 atom stereocenters. The van der Waals surface area contributed by atoms with Crippen LogP contribution in [0.4, 0.5) is 4.39 Å². The lowest BCUT2D eigenvalue weighted by Gasteiger charge is -2.04. The maximum absolute atomic E-state index is 12.8. The summed E-state index contributed by atoms with van der Waals surface area (Å²) in [5.41, 5.74) is 3.47. The van der Waals surface area contributed by atoms with Crippen LogP contribution in [0.2, 0.25) is 0 Å². The van der Waals surface area contributed by atoms with Crippen LogP contribution in [-0.4, -0.2) is 4.98 Å². The van der Waals surface area contributed by atoms with Gasteiger partial charge >= 0.3 is 0 Å². The van der Waals surface area contributed by atoms with Gasteiger partial charge in [0.1, 0.15) is 5.82 Å². The number of nitrogens with zero attached hydrogens (tertiary/aromatic N) is 1. The summed E-state index contributed by atoms with van der Waals surface area (Å²) in [7, 11) is 0. The Hall–Kier alpha value is -1.26. The van der Waals surface area contributed by atoms with Gasteiger partial charge in [0.05, 0.1) is 6.20 Å². The first kappa shape index (κ1) is 11.2. The van der Waals surface area contributed by atoms with Gasteiger partial charge < -0.3 is 5.32 Å². The number of thiophene rings is 1. The molecule has 16 heavy (non-hydrogen) atoms. The van der Waals surface area contributed by atoms with E-state index in [1.807, 2.05) is 0 Å². The molecule has 0 radical (unpaired) electrons. The molecule has 0 aliphatic carbocycles. The summed E-state index contributed by atoms with van der Waals surface area (Å²) in [6, 6.07) is 1.50. The van der Waals surface area contributed by atoms with Gasteiger partial charge in [-0.25, -0.2) is 4.39 Å². The second-order valence-electron chi connectivity index (χ2n) is 3.69. The number of rotatable bonds is 4. The van der Waals surface area contributed by atoms with E-state index in [0.717, 1.165) is 12.1 Å². The third-order valence-corrected chi connectivity index (χ3v) is 3.28. The summed E-state index contributed by atoms with van der Waals surface area (Å²) >= 11 is 1.70. The summed E-state index contributed by atoms with van der Waals surface area (Å²) in [6.45, 7) is 3.54. The molecule has 0 aromatic carbocycles. The molecule has 0 bridgehead atoms. The molecule has 2 nitrogen and oxygen atoms in total. The SMILES string of the molecule is Cc1cscc1CNCc1cncc(F)c1. The molecule has 0 spiro atoms. The van der Waals surface area contributed by atoms with Gasteiger partial charge in [0.25, 0.3) is 0 Å². The molecule has 0 amide bonds. The summed E-state index contributed by atoms with van der Waals surface area (Å²) in [5.74, 6) is -0.286. The molecule has 84 valence electrons. The minimum atomic E-state index is -0.286. The summed E-state index contributed by atoms with van der Waals surface area (Å²) in [4.78, 5) is 3.80. The zero-order valence-electron chi connectivity index (χ0n) is 9.03. The largest absolute Gasteiger partial charge is 0.309 e. The quantitative estimate of drug-likeness (QED) is 0.883. The van der Waals surface area contributed by atoms with Crippen molar-refractivity contribution in [1.82, 2.24) is 10.3 Å². The van der Waals surface area contributed by atoms with Gasteiger partial charge in [-0.05, 0) is 40.4 Å². The molecule has 0 aliphatic heterocycles. The molecule has 2 aromatic rings. The Labute approximate surface area is 98.2 Å². The maximum Gasteiger partial charge on any atom is 0.141 e. The Morgan fingerprint density at radius 2 is 2.19 bits per heavy atom. The molecule has 0 saturated carbocycles. The van der Waals surface area contributed by atoms with Crippen LogP contribution in [0.1, 0.15) is 16.7 Å². The molecule has 2 aromatic heterocycles. The fraction of sp³-hybridized carbons (Fsp3) is 0.250. The molecule has 0 aliphatic rings. The van der Waals surface area contributed by atoms with Crippen molar-refractivity contribution in [3.8, 4) is 0 Å². The summed E-state index contributed by atoms with van der Waals surface area (Å²) < 4.78 is 12.8. The van der Waals surface area contributed by atoms with Crippen LogP contribution in [0.25, 0.3) is 0 Å². The molecular formula is C12H13FN2S. The van der Waals surface area contributed by atoms with Gasteiger partial charge in [-0.3, -0.25) is 4.98 Å². The average Bonchev–Trinajstić information content (AvgIpc) is 2.65. The standard InChI is InChI=1S/C12H13FN2S/c1-9-7-16-8-11(9)5-14-3-10-2-12(13)6-15-4-10/h2,4,6-8,14H,3,5H2,1H3. The van der Waals surface area contributed by atoms with Crippen LogP contribution in [0.3, 0.4) is 0 Å². The Morgan fingerprint density at radius 3 is 2.88 bits per heavy atom. The Kier molecular flexibility index (Phi) is 3.64. The highest BCUT2D eigenvalue weighted by Gasteiger charge is 1.99. The van der Waals surface area contributed by atoms with Crippen molar-refractivity contribution >= 4 is 11.3 Å². The first-order chi connectivity index (χ1) is 7.75. The number of nitrogens with one attached hydrogen (secondary N) is 1. The van der Waals surface area contributed by atoms with Crippen molar-refractivity contribution < 1.29 is 4.39 Å². The molecule has 2 rings (SSSR count). The number of hydrogen-bond donors (Lipinski definition) is 1. The van der Waals surface area contributed by atoms with E-state index < -0.39 is 0 Å². The summed E-state index contributed by atoms with van der Waals surface area (Å²) in [5, 5.41) is 7.53. The summed E-state index contributed by atoms with van der Waals surface area (Å²) in [6.07, 6.45) is 2.89. The Balaban J connectivity index is 1.87. The third kappa shape index (κ3) is 2.87. The first-order valence-corrected chi connectivity index (χ1v) is 6.02. The van der Waals surface area contributed by atoms with Gasteiger partial charge in [-0.15, -0.1) is 0 Å². The first-order valence-electron chi connectivity index (χ1n) is 5.07. The number of pyridine rings is 1. The highest BCUT2D eigenvalue weighted by Crippen LogP contribution is 2.13. The van der Waals surface area contributed by atoms with Crippen molar-refractivity contribution in [2.75, 3.05) is 0 Å². The second-order valence-corrected chi connectivity index (χ2v) is 4.44. The normalized spacial score (nSPS) is 10.6.